The van der Waals surface area contributed by atoms with Gasteiger partial charge in [0.05, 0.1) is 26.7 Å². The quantitative estimate of drug-likeness (QED) is 0.390. The molecule has 1 heterocycles. The Balaban J connectivity index is 1.42. The van der Waals surface area contributed by atoms with Crippen LogP contribution in [-0.4, -0.2) is 55.7 Å². The molecule has 2 amide bonds. The zero-order chi connectivity index (χ0) is 27.8. The number of carbonyl (C=O) groups excluding carboxylic acids is 2. The maximum atomic E-state index is 14.2. The molecular weight excluding hydrogens is 502 g/mol. The Kier molecular flexibility index (Phi) is 9.01. The highest BCUT2D eigenvalue weighted by Gasteiger charge is 2.47. The average molecular weight is 542 g/mol. The van der Waals surface area contributed by atoms with Crippen molar-refractivity contribution in [3.8, 4) is 5.75 Å². The van der Waals surface area contributed by atoms with E-state index in [1.165, 1.54) is 0 Å². The lowest BCUT2D eigenvalue weighted by Crippen LogP contribution is -2.60. The van der Waals surface area contributed by atoms with Crippen molar-refractivity contribution < 1.29 is 19.1 Å². The molecule has 1 aliphatic heterocycles. The summed E-state index contributed by atoms with van der Waals surface area (Å²) in [7, 11) is 1.64. The van der Waals surface area contributed by atoms with E-state index in [-0.39, 0.29) is 18.2 Å². The minimum absolute atomic E-state index is 0.0401. The molecular formula is C33H39N3O4. The second-order valence-corrected chi connectivity index (χ2v) is 10.7. The highest BCUT2D eigenvalue weighted by Crippen LogP contribution is 2.37. The molecule has 0 atom stereocenters. The minimum Gasteiger partial charge on any atom is -0.497 e. The van der Waals surface area contributed by atoms with Gasteiger partial charge in [-0.3, -0.25) is 9.59 Å². The summed E-state index contributed by atoms with van der Waals surface area (Å²) in [5.41, 5.74) is 2.85. The first-order chi connectivity index (χ1) is 19.6. The van der Waals surface area contributed by atoms with Gasteiger partial charge < -0.3 is 24.6 Å². The number of hydrogen-bond acceptors (Lipinski definition) is 5. The van der Waals surface area contributed by atoms with E-state index in [1.807, 2.05) is 83.8 Å². The number of benzene rings is 3. The van der Waals surface area contributed by atoms with Gasteiger partial charge in [0.25, 0.3) is 0 Å². The molecule has 0 spiro atoms. The van der Waals surface area contributed by atoms with Gasteiger partial charge in [-0.2, -0.15) is 0 Å². The zero-order valence-corrected chi connectivity index (χ0v) is 23.3. The molecule has 7 nitrogen and oxygen atoms in total. The standard InChI is InChI=1S/C33H39N3O4/c1-39-30-16-10-27(11-17-30)25-36(31(37)24-26-8-4-2-5-9-26)33(18-6-3-7-19-33)32(38)34-28-12-14-29(15-13-28)35-20-22-40-23-21-35/h2,4-5,8-17H,3,6-7,18-25H2,1H3,(H,34,38). The van der Waals surface area contributed by atoms with E-state index < -0.39 is 5.54 Å². The lowest BCUT2D eigenvalue weighted by molar-refractivity contribution is -0.148. The van der Waals surface area contributed by atoms with Crippen LogP contribution in [0.25, 0.3) is 0 Å². The molecule has 1 aliphatic carbocycles. The van der Waals surface area contributed by atoms with Crippen molar-refractivity contribution in [3.05, 3.63) is 90.0 Å². The molecule has 0 unspecified atom stereocenters. The van der Waals surface area contributed by atoms with Crippen LogP contribution in [0.15, 0.2) is 78.9 Å². The molecule has 0 bridgehead atoms. The molecule has 7 heteroatoms. The fraction of sp³-hybridized carbons (Fsp3) is 0.394. The fourth-order valence-electron chi connectivity index (χ4n) is 5.84. The lowest BCUT2D eigenvalue weighted by atomic mass is 9.78. The van der Waals surface area contributed by atoms with Crippen molar-refractivity contribution in [2.45, 2.75) is 50.6 Å². The van der Waals surface area contributed by atoms with Gasteiger partial charge in [-0.1, -0.05) is 61.7 Å². The number of nitrogens with one attached hydrogen (secondary N) is 1. The average Bonchev–Trinajstić information content (AvgIpc) is 3.01. The summed E-state index contributed by atoms with van der Waals surface area (Å²) >= 11 is 0. The summed E-state index contributed by atoms with van der Waals surface area (Å²) in [6.45, 7) is 3.53. The van der Waals surface area contributed by atoms with Gasteiger partial charge in [0, 0.05) is 31.0 Å². The van der Waals surface area contributed by atoms with Gasteiger partial charge in [0.2, 0.25) is 11.8 Å². The van der Waals surface area contributed by atoms with Gasteiger partial charge >= 0.3 is 0 Å². The Morgan fingerprint density at radius 3 is 2.20 bits per heavy atom. The highest BCUT2D eigenvalue weighted by atomic mass is 16.5. The predicted octanol–water partition coefficient (Wildman–Crippen LogP) is 5.44. The third kappa shape index (κ3) is 6.48. The maximum Gasteiger partial charge on any atom is 0.250 e. The van der Waals surface area contributed by atoms with Crippen molar-refractivity contribution in [3.63, 3.8) is 0 Å². The van der Waals surface area contributed by atoms with Crippen molar-refractivity contribution >= 4 is 23.2 Å². The second kappa shape index (κ2) is 13.0. The number of nitrogens with zero attached hydrogens (tertiary/aromatic N) is 2. The second-order valence-electron chi connectivity index (χ2n) is 10.7. The van der Waals surface area contributed by atoms with Crippen molar-refractivity contribution in [1.82, 2.24) is 4.90 Å². The van der Waals surface area contributed by atoms with Gasteiger partial charge in [-0.05, 0) is 60.4 Å². The number of ether oxygens (including phenoxy) is 2. The molecule has 2 aliphatic rings. The molecule has 1 saturated heterocycles. The molecule has 3 aromatic rings. The van der Waals surface area contributed by atoms with Crippen LogP contribution < -0.4 is 15.0 Å². The van der Waals surface area contributed by atoms with Crippen LogP contribution in [0.2, 0.25) is 0 Å². The molecule has 2 fully saturated rings. The first-order valence-electron chi connectivity index (χ1n) is 14.3. The zero-order valence-electron chi connectivity index (χ0n) is 23.3. The molecule has 210 valence electrons. The third-order valence-corrected chi connectivity index (χ3v) is 8.12. The third-order valence-electron chi connectivity index (χ3n) is 8.12. The highest BCUT2D eigenvalue weighted by molar-refractivity contribution is 6.01. The van der Waals surface area contributed by atoms with Crippen molar-refractivity contribution in [2.24, 2.45) is 0 Å². The molecule has 0 aromatic heterocycles. The van der Waals surface area contributed by atoms with Crippen LogP contribution in [0.3, 0.4) is 0 Å². The first kappa shape index (κ1) is 27.7. The van der Waals surface area contributed by atoms with Crippen LogP contribution in [0.4, 0.5) is 11.4 Å². The number of methoxy groups -OCH3 is 1. The van der Waals surface area contributed by atoms with Crippen molar-refractivity contribution in [1.29, 1.82) is 0 Å². The monoisotopic (exact) mass is 541 g/mol. The summed E-state index contributed by atoms with van der Waals surface area (Å²) in [5, 5.41) is 3.19. The first-order valence-corrected chi connectivity index (χ1v) is 14.3. The molecule has 40 heavy (non-hydrogen) atoms. The topological polar surface area (TPSA) is 71.1 Å². The number of hydrogen-bond donors (Lipinski definition) is 1. The van der Waals surface area contributed by atoms with E-state index in [1.54, 1.807) is 7.11 Å². The lowest BCUT2D eigenvalue weighted by Gasteiger charge is -2.45. The van der Waals surface area contributed by atoms with Gasteiger partial charge in [-0.25, -0.2) is 0 Å². The molecule has 1 N–H and O–H groups in total. The van der Waals surface area contributed by atoms with E-state index in [0.29, 0.717) is 19.4 Å². The van der Waals surface area contributed by atoms with Gasteiger partial charge in [0.1, 0.15) is 11.3 Å². The van der Waals surface area contributed by atoms with E-state index in [2.05, 4.69) is 10.2 Å². The van der Waals surface area contributed by atoms with Crippen LogP contribution in [-0.2, 0) is 27.3 Å². The largest absolute Gasteiger partial charge is 0.497 e. The predicted molar refractivity (Wildman–Crippen MR) is 158 cm³/mol. The van der Waals surface area contributed by atoms with Crippen LogP contribution in [0, 0.1) is 0 Å². The van der Waals surface area contributed by atoms with E-state index in [0.717, 1.165) is 73.8 Å². The molecule has 5 rings (SSSR count). The van der Waals surface area contributed by atoms with Gasteiger partial charge in [0.15, 0.2) is 0 Å². The summed E-state index contributed by atoms with van der Waals surface area (Å²) in [5.74, 6) is 0.611. The number of morpholine rings is 1. The van der Waals surface area contributed by atoms with E-state index in [9.17, 15) is 9.59 Å². The Morgan fingerprint density at radius 1 is 0.875 bits per heavy atom. The Morgan fingerprint density at radius 2 is 1.55 bits per heavy atom. The Labute approximate surface area is 237 Å². The Bertz CT molecular complexity index is 1250. The van der Waals surface area contributed by atoms with Crippen molar-refractivity contribution in [2.75, 3.05) is 43.6 Å². The van der Waals surface area contributed by atoms with E-state index >= 15 is 0 Å². The normalized spacial score (nSPS) is 16.7. The number of carbonyl (C=O) groups is 2. The summed E-state index contributed by atoms with van der Waals surface area (Å²) in [6, 6.07) is 25.5. The summed E-state index contributed by atoms with van der Waals surface area (Å²) < 4.78 is 10.8. The molecule has 1 saturated carbocycles. The fourth-order valence-corrected chi connectivity index (χ4v) is 5.84. The number of amides is 2. The van der Waals surface area contributed by atoms with Crippen LogP contribution in [0.5, 0.6) is 5.75 Å². The van der Waals surface area contributed by atoms with Gasteiger partial charge in [-0.15, -0.1) is 0 Å². The summed E-state index contributed by atoms with van der Waals surface area (Å²) in [4.78, 5) is 32.4. The van der Waals surface area contributed by atoms with Crippen LogP contribution in [0.1, 0.15) is 43.2 Å². The van der Waals surface area contributed by atoms with E-state index in [4.69, 9.17) is 9.47 Å². The maximum absolute atomic E-state index is 14.2. The smallest absolute Gasteiger partial charge is 0.250 e. The molecule has 0 radical (unpaired) electrons. The Hall–Kier alpha value is -3.84. The van der Waals surface area contributed by atoms with Crippen LogP contribution >= 0.6 is 0 Å². The SMILES string of the molecule is COc1ccc(CN(C(=O)Cc2ccccc2)C2(C(=O)Nc3ccc(N4CCOCC4)cc3)CCCCC2)cc1. The summed E-state index contributed by atoms with van der Waals surface area (Å²) in [6.07, 6.45) is 4.40. The minimum atomic E-state index is -0.924. The number of anilines is 2. The molecule has 3 aromatic carbocycles. The number of rotatable bonds is 9.